The van der Waals surface area contributed by atoms with Crippen molar-refractivity contribution in [2.45, 2.75) is 13.0 Å². The normalized spacial score (nSPS) is 17.6. The highest BCUT2D eigenvalue weighted by Gasteiger charge is 2.31. The molecular formula is C19H16N4O2. The summed E-state index contributed by atoms with van der Waals surface area (Å²) in [6.45, 7) is 2.39. The zero-order chi connectivity index (χ0) is 17.0. The largest absolute Gasteiger partial charge is 0.447 e. The Morgan fingerprint density at radius 1 is 1.16 bits per heavy atom. The fraction of sp³-hybridized carbons (Fsp3) is 0.158. The molecule has 6 heteroatoms. The Morgan fingerprint density at radius 2 is 2.04 bits per heavy atom. The van der Waals surface area contributed by atoms with E-state index >= 15 is 0 Å². The lowest BCUT2D eigenvalue weighted by atomic mass is 10.1. The Bertz CT molecular complexity index is 1080. The van der Waals surface area contributed by atoms with Crippen LogP contribution in [0.4, 0.5) is 10.5 Å². The van der Waals surface area contributed by atoms with Crippen molar-refractivity contribution in [3.63, 3.8) is 0 Å². The van der Waals surface area contributed by atoms with Gasteiger partial charge in [0.05, 0.1) is 17.3 Å². The number of hydrogen-bond acceptors (Lipinski definition) is 3. The van der Waals surface area contributed by atoms with Gasteiger partial charge in [0.25, 0.3) is 0 Å². The van der Waals surface area contributed by atoms with Crippen LogP contribution in [0.5, 0.6) is 0 Å². The van der Waals surface area contributed by atoms with Crippen LogP contribution in [0.1, 0.15) is 6.92 Å². The van der Waals surface area contributed by atoms with Crippen LogP contribution in [0.15, 0.2) is 48.5 Å². The van der Waals surface area contributed by atoms with Gasteiger partial charge in [0.15, 0.2) is 0 Å². The SMILES string of the molecule is C[C@H]1COC(=O)N1c1ccc2[nH]nc(-c3cc4ccccc4[nH]3)c2c1. The Hall–Kier alpha value is -3.28. The Kier molecular flexibility index (Phi) is 2.88. The fourth-order valence-electron chi connectivity index (χ4n) is 3.43. The fourth-order valence-corrected chi connectivity index (χ4v) is 3.43. The van der Waals surface area contributed by atoms with Crippen molar-refractivity contribution in [3.8, 4) is 11.4 Å². The van der Waals surface area contributed by atoms with Crippen molar-refractivity contribution in [1.82, 2.24) is 15.2 Å². The first kappa shape index (κ1) is 14.1. The lowest BCUT2D eigenvalue weighted by Gasteiger charge is -2.18. The van der Waals surface area contributed by atoms with Gasteiger partial charge in [0.1, 0.15) is 12.3 Å². The number of rotatable bonds is 2. The second-order valence-electron chi connectivity index (χ2n) is 6.37. The number of amides is 1. The van der Waals surface area contributed by atoms with Gasteiger partial charge in [-0.05, 0) is 37.3 Å². The van der Waals surface area contributed by atoms with E-state index in [0.29, 0.717) is 6.61 Å². The molecule has 1 aliphatic heterocycles. The number of benzene rings is 2. The first-order valence-corrected chi connectivity index (χ1v) is 8.23. The number of cyclic esters (lactones) is 1. The average Bonchev–Trinajstić information content (AvgIpc) is 3.30. The van der Waals surface area contributed by atoms with Crippen LogP contribution in [0, 0.1) is 0 Å². The number of anilines is 1. The van der Waals surface area contributed by atoms with E-state index in [1.807, 2.05) is 43.3 Å². The summed E-state index contributed by atoms with van der Waals surface area (Å²) in [5, 5.41) is 9.65. The van der Waals surface area contributed by atoms with Crippen molar-refractivity contribution >= 4 is 33.6 Å². The molecule has 2 aromatic heterocycles. The minimum Gasteiger partial charge on any atom is -0.447 e. The number of aromatic nitrogens is 3. The molecule has 2 aromatic carbocycles. The van der Waals surface area contributed by atoms with E-state index in [9.17, 15) is 4.79 Å². The summed E-state index contributed by atoms with van der Waals surface area (Å²) in [6.07, 6.45) is -0.303. The van der Waals surface area contributed by atoms with Gasteiger partial charge in [-0.15, -0.1) is 0 Å². The number of para-hydroxylation sites is 1. The minimum atomic E-state index is -0.303. The third kappa shape index (κ3) is 2.11. The molecule has 0 aliphatic carbocycles. The topological polar surface area (TPSA) is 74.0 Å². The first-order chi connectivity index (χ1) is 12.2. The van der Waals surface area contributed by atoms with Crippen molar-refractivity contribution in [2.24, 2.45) is 0 Å². The summed E-state index contributed by atoms with van der Waals surface area (Å²) in [5.41, 5.74) is 4.61. The van der Waals surface area contributed by atoms with Crippen molar-refractivity contribution in [3.05, 3.63) is 48.5 Å². The number of nitrogens with zero attached hydrogens (tertiary/aromatic N) is 2. The maximum Gasteiger partial charge on any atom is 0.414 e. The van der Waals surface area contributed by atoms with Crippen molar-refractivity contribution in [1.29, 1.82) is 0 Å². The Labute approximate surface area is 143 Å². The number of aromatic amines is 2. The lowest BCUT2D eigenvalue weighted by Crippen LogP contribution is -2.30. The van der Waals surface area contributed by atoms with Gasteiger partial charge in [-0.25, -0.2) is 4.79 Å². The van der Waals surface area contributed by atoms with Gasteiger partial charge in [0, 0.05) is 22.0 Å². The van der Waals surface area contributed by atoms with Crippen LogP contribution in [0.25, 0.3) is 33.2 Å². The van der Waals surface area contributed by atoms with Crippen LogP contribution in [0.3, 0.4) is 0 Å². The number of carbonyl (C=O) groups is 1. The predicted octanol–water partition coefficient (Wildman–Crippen LogP) is 4.06. The molecule has 0 radical (unpaired) electrons. The van der Waals surface area contributed by atoms with Gasteiger partial charge in [-0.1, -0.05) is 18.2 Å². The minimum absolute atomic E-state index is 0.0216. The van der Waals surface area contributed by atoms with E-state index in [1.54, 1.807) is 4.90 Å². The van der Waals surface area contributed by atoms with E-state index in [1.165, 1.54) is 0 Å². The molecule has 124 valence electrons. The van der Waals surface area contributed by atoms with Gasteiger partial charge in [-0.2, -0.15) is 5.10 Å². The number of nitrogens with one attached hydrogen (secondary N) is 2. The molecule has 5 rings (SSSR count). The summed E-state index contributed by atoms with van der Waals surface area (Å²) in [7, 11) is 0. The summed E-state index contributed by atoms with van der Waals surface area (Å²) >= 11 is 0. The Balaban J connectivity index is 1.66. The maximum atomic E-state index is 12.0. The molecule has 6 nitrogen and oxygen atoms in total. The quantitative estimate of drug-likeness (QED) is 0.581. The zero-order valence-electron chi connectivity index (χ0n) is 13.6. The summed E-state index contributed by atoms with van der Waals surface area (Å²) in [6, 6.07) is 16.1. The van der Waals surface area contributed by atoms with E-state index < -0.39 is 0 Å². The molecule has 1 saturated heterocycles. The molecule has 1 fully saturated rings. The van der Waals surface area contributed by atoms with E-state index in [2.05, 4.69) is 27.3 Å². The van der Waals surface area contributed by atoms with Gasteiger partial charge in [0.2, 0.25) is 0 Å². The molecule has 0 unspecified atom stereocenters. The monoisotopic (exact) mass is 332 g/mol. The van der Waals surface area contributed by atoms with Crippen LogP contribution >= 0.6 is 0 Å². The van der Waals surface area contributed by atoms with Crippen molar-refractivity contribution in [2.75, 3.05) is 11.5 Å². The van der Waals surface area contributed by atoms with E-state index in [-0.39, 0.29) is 12.1 Å². The second kappa shape index (κ2) is 5.11. The van der Waals surface area contributed by atoms with Crippen LogP contribution in [0.2, 0.25) is 0 Å². The summed E-state index contributed by atoms with van der Waals surface area (Å²) in [4.78, 5) is 17.1. The smallest absolute Gasteiger partial charge is 0.414 e. The molecule has 25 heavy (non-hydrogen) atoms. The lowest BCUT2D eigenvalue weighted by molar-refractivity contribution is 0.179. The van der Waals surface area contributed by atoms with Crippen LogP contribution < -0.4 is 4.90 Å². The number of ether oxygens (including phenoxy) is 1. The molecule has 4 aromatic rings. The van der Waals surface area contributed by atoms with Crippen LogP contribution in [-0.4, -0.2) is 33.9 Å². The van der Waals surface area contributed by atoms with Crippen LogP contribution in [-0.2, 0) is 4.74 Å². The number of fused-ring (bicyclic) bond motifs is 2. The number of hydrogen-bond donors (Lipinski definition) is 2. The Morgan fingerprint density at radius 3 is 2.84 bits per heavy atom. The van der Waals surface area contributed by atoms with Gasteiger partial charge < -0.3 is 9.72 Å². The molecule has 1 atom stereocenters. The first-order valence-electron chi connectivity index (χ1n) is 8.23. The highest BCUT2D eigenvalue weighted by molar-refractivity contribution is 5.99. The second-order valence-corrected chi connectivity index (χ2v) is 6.37. The molecule has 3 heterocycles. The van der Waals surface area contributed by atoms with Gasteiger partial charge in [-0.3, -0.25) is 10.00 Å². The highest BCUT2D eigenvalue weighted by atomic mass is 16.6. The molecular weight excluding hydrogens is 316 g/mol. The molecule has 1 amide bonds. The standard InChI is InChI=1S/C19H16N4O2/c1-11-10-25-19(24)23(11)13-6-7-16-14(9-13)18(22-21-16)17-8-12-4-2-3-5-15(12)20-17/h2-9,11,20H,10H2,1H3,(H,21,22)/t11-/m0/s1. The van der Waals surface area contributed by atoms with Gasteiger partial charge >= 0.3 is 6.09 Å². The molecule has 2 N–H and O–H groups in total. The average molecular weight is 332 g/mol. The molecule has 0 saturated carbocycles. The third-order valence-corrected chi connectivity index (χ3v) is 4.70. The van der Waals surface area contributed by atoms with E-state index in [0.717, 1.165) is 38.9 Å². The zero-order valence-corrected chi connectivity index (χ0v) is 13.6. The number of carbonyl (C=O) groups excluding carboxylic acids is 1. The predicted molar refractivity (Wildman–Crippen MR) is 96.7 cm³/mol. The van der Waals surface area contributed by atoms with Crippen molar-refractivity contribution < 1.29 is 9.53 Å². The summed E-state index contributed by atoms with van der Waals surface area (Å²) in [5.74, 6) is 0. The number of H-pyrrole nitrogens is 2. The molecule has 0 spiro atoms. The molecule has 1 aliphatic rings. The van der Waals surface area contributed by atoms with E-state index in [4.69, 9.17) is 4.74 Å². The molecule has 0 bridgehead atoms. The summed E-state index contributed by atoms with van der Waals surface area (Å²) < 4.78 is 5.14. The highest BCUT2D eigenvalue weighted by Crippen LogP contribution is 2.32. The maximum absolute atomic E-state index is 12.0. The third-order valence-electron chi connectivity index (χ3n) is 4.70.